The highest BCUT2D eigenvalue weighted by Gasteiger charge is 2.35. The second-order valence-corrected chi connectivity index (χ2v) is 5.42. The molecule has 20 heavy (non-hydrogen) atoms. The fourth-order valence-electron chi connectivity index (χ4n) is 2.15. The van der Waals surface area contributed by atoms with Crippen LogP contribution in [-0.2, 0) is 0 Å². The maximum absolute atomic E-state index is 12.5. The Kier molecular flexibility index (Phi) is 5.45. The highest BCUT2D eigenvalue weighted by atomic mass is 19.4. The van der Waals surface area contributed by atoms with Crippen molar-refractivity contribution >= 4 is 0 Å². The van der Waals surface area contributed by atoms with E-state index in [1.165, 1.54) is 6.07 Å². The molecule has 5 heteroatoms. The van der Waals surface area contributed by atoms with Gasteiger partial charge in [0, 0.05) is 11.6 Å². The van der Waals surface area contributed by atoms with E-state index in [4.69, 9.17) is 0 Å². The molecule has 1 atom stereocenters. The van der Waals surface area contributed by atoms with Gasteiger partial charge in [-0.15, -0.1) is 13.2 Å². The van der Waals surface area contributed by atoms with Crippen molar-refractivity contribution in [1.29, 1.82) is 0 Å². The van der Waals surface area contributed by atoms with Crippen LogP contribution in [0, 0.1) is 5.41 Å². The van der Waals surface area contributed by atoms with E-state index >= 15 is 0 Å². The second kappa shape index (κ2) is 6.48. The van der Waals surface area contributed by atoms with Crippen molar-refractivity contribution in [2.75, 3.05) is 6.54 Å². The summed E-state index contributed by atoms with van der Waals surface area (Å²) in [6.07, 6.45) is -3.84. The van der Waals surface area contributed by atoms with E-state index in [-0.39, 0.29) is 17.2 Å². The first-order chi connectivity index (χ1) is 9.21. The van der Waals surface area contributed by atoms with Crippen molar-refractivity contribution in [3.05, 3.63) is 29.8 Å². The summed E-state index contributed by atoms with van der Waals surface area (Å²) >= 11 is 0. The van der Waals surface area contributed by atoms with Crippen LogP contribution in [0.5, 0.6) is 5.75 Å². The summed E-state index contributed by atoms with van der Waals surface area (Å²) in [4.78, 5) is 0. The zero-order valence-electron chi connectivity index (χ0n) is 12.3. The largest absolute Gasteiger partial charge is 0.573 e. The van der Waals surface area contributed by atoms with Crippen molar-refractivity contribution in [1.82, 2.24) is 5.32 Å². The molecule has 1 aromatic rings. The molecule has 114 valence electrons. The van der Waals surface area contributed by atoms with Gasteiger partial charge < -0.3 is 10.1 Å². The maximum atomic E-state index is 12.5. The molecule has 0 spiro atoms. The standard InChI is InChI=1S/C15H22F3NO/c1-5-14(3,4)13(19-6-2)11-9-7-8-10-12(11)20-15(16,17)18/h7-10,13,19H,5-6H2,1-4H3. The smallest absolute Gasteiger partial charge is 0.405 e. The maximum Gasteiger partial charge on any atom is 0.573 e. The molecule has 0 radical (unpaired) electrons. The minimum Gasteiger partial charge on any atom is -0.405 e. The average molecular weight is 289 g/mol. The second-order valence-electron chi connectivity index (χ2n) is 5.42. The molecule has 0 saturated carbocycles. The summed E-state index contributed by atoms with van der Waals surface area (Å²) in [7, 11) is 0. The molecule has 0 aromatic heterocycles. The molecule has 0 saturated heterocycles. The van der Waals surface area contributed by atoms with Crippen molar-refractivity contribution in [2.45, 2.75) is 46.5 Å². The van der Waals surface area contributed by atoms with Crippen LogP contribution >= 0.6 is 0 Å². The molecule has 2 nitrogen and oxygen atoms in total. The first-order valence-electron chi connectivity index (χ1n) is 6.79. The monoisotopic (exact) mass is 289 g/mol. The van der Waals surface area contributed by atoms with Gasteiger partial charge in [0.15, 0.2) is 0 Å². The summed E-state index contributed by atoms with van der Waals surface area (Å²) in [5.41, 5.74) is 0.361. The lowest BCUT2D eigenvalue weighted by Crippen LogP contribution is -2.34. The fraction of sp³-hybridized carbons (Fsp3) is 0.600. The van der Waals surface area contributed by atoms with E-state index in [0.29, 0.717) is 12.1 Å². The van der Waals surface area contributed by atoms with Crippen LogP contribution in [0.25, 0.3) is 0 Å². The minimum atomic E-state index is -4.68. The number of halogens is 3. The van der Waals surface area contributed by atoms with E-state index < -0.39 is 6.36 Å². The van der Waals surface area contributed by atoms with E-state index in [1.807, 2.05) is 27.7 Å². The Morgan fingerprint density at radius 2 is 1.75 bits per heavy atom. The number of rotatable bonds is 6. The lowest BCUT2D eigenvalue weighted by Gasteiger charge is -2.35. The van der Waals surface area contributed by atoms with Gasteiger partial charge in [-0.25, -0.2) is 0 Å². The third-order valence-electron chi connectivity index (χ3n) is 3.56. The summed E-state index contributed by atoms with van der Waals surface area (Å²) in [5, 5.41) is 3.27. The van der Waals surface area contributed by atoms with Crippen LogP contribution in [0.1, 0.15) is 45.7 Å². The molecule has 0 bridgehead atoms. The van der Waals surface area contributed by atoms with Crippen LogP contribution in [0.4, 0.5) is 13.2 Å². The molecule has 1 N–H and O–H groups in total. The molecule has 1 unspecified atom stereocenters. The summed E-state index contributed by atoms with van der Waals surface area (Å²) in [6.45, 7) is 8.70. The van der Waals surface area contributed by atoms with E-state index in [2.05, 4.69) is 10.1 Å². The van der Waals surface area contributed by atoms with Crippen molar-refractivity contribution in [3.63, 3.8) is 0 Å². The summed E-state index contributed by atoms with van der Waals surface area (Å²) < 4.78 is 41.7. The lowest BCUT2D eigenvalue weighted by atomic mass is 9.78. The Labute approximate surface area is 118 Å². The lowest BCUT2D eigenvalue weighted by molar-refractivity contribution is -0.275. The Hall–Kier alpha value is -1.23. The van der Waals surface area contributed by atoms with Gasteiger partial charge in [-0.2, -0.15) is 0 Å². The first kappa shape index (κ1) is 16.8. The predicted molar refractivity (Wildman–Crippen MR) is 73.6 cm³/mol. The first-order valence-corrected chi connectivity index (χ1v) is 6.79. The molecule has 0 heterocycles. The van der Waals surface area contributed by atoms with Gasteiger partial charge in [0.25, 0.3) is 0 Å². The molecular weight excluding hydrogens is 267 g/mol. The number of ether oxygens (including phenoxy) is 1. The highest BCUT2D eigenvalue weighted by Crippen LogP contribution is 2.41. The fourth-order valence-corrected chi connectivity index (χ4v) is 2.15. The van der Waals surface area contributed by atoms with Gasteiger partial charge >= 0.3 is 6.36 Å². The number of benzene rings is 1. The topological polar surface area (TPSA) is 21.3 Å². The number of hydrogen-bond donors (Lipinski definition) is 1. The van der Waals surface area contributed by atoms with Gasteiger partial charge in [-0.3, -0.25) is 0 Å². The van der Waals surface area contributed by atoms with Gasteiger partial charge in [-0.05, 0) is 24.4 Å². The molecule has 0 aliphatic rings. The van der Waals surface area contributed by atoms with Gasteiger partial charge in [0.2, 0.25) is 0 Å². The summed E-state index contributed by atoms with van der Waals surface area (Å²) in [5.74, 6) is -0.132. The van der Waals surface area contributed by atoms with Gasteiger partial charge in [-0.1, -0.05) is 45.9 Å². The molecular formula is C15H22F3NO. The number of para-hydroxylation sites is 1. The minimum absolute atomic E-state index is 0.132. The summed E-state index contributed by atoms with van der Waals surface area (Å²) in [6, 6.07) is 6.13. The third-order valence-corrected chi connectivity index (χ3v) is 3.56. The van der Waals surface area contributed by atoms with Crippen LogP contribution in [0.15, 0.2) is 24.3 Å². The Balaban J connectivity index is 3.20. The van der Waals surface area contributed by atoms with Crippen molar-refractivity contribution < 1.29 is 17.9 Å². The van der Waals surface area contributed by atoms with E-state index in [0.717, 1.165) is 6.42 Å². The molecule has 0 fully saturated rings. The zero-order chi connectivity index (χ0) is 15.4. The Morgan fingerprint density at radius 1 is 1.15 bits per heavy atom. The van der Waals surface area contributed by atoms with Crippen LogP contribution in [0.2, 0.25) is 0 Å². The quantitative estimate of drug-likeness (QED) is 0.821. The normalized spacial score (nSPS) is 14.2. The third kappa shape index (κ3) is 4.40. The molecule has 0 aliphatic carbocycles. The highest BCUT2D eigenvalue weighted by molar-refractivity contribution is 5.37. The molecule has 0 aliphatic heterocycles. The zero-order valence-corrected chi connectivity index (χ0v) is 12.3. The average Bonchev–Trinajstić information content (AvgIpc) is 2.35. The Morgan fingerprint density at radius 3 is 2.25 bits per heavy atom. The molecule has 0 amide bonds. The van der Waals surface area contributed by atoms with Crippen molar-refractivity contribution in [3.8, 4) is 5.75 Å². The van der Waals surface area contributed by atoms with Crippen LogP contribution in [0.3, 0.4) is 0 Å². The predicted octanol–water partition coefficient (Wildman–Crippen LogP) is 4.67. The number of nitrogens with one attached hydrogen (secondary N) is 1. The molecule has 1 rings (SSSR count). The van der Waals surface area contributed by atoms with Crippen molar-refractivity contribution in [2.24, 2.45) is 5.41 Å². The van der Waals surface area contributed by atoms with Crippen LogP contribution in [-0.4, -0.2) is 12.9 Å². The number of alkyl halides is 3. The van der Waals surface area contributed by atoms with Crippen LogP contribution < -0.4 is 10.1 Å². The number of hydrogen-bond acceptors (Lipinski definition) is 2. The Bertz CT molecular complexity index is 429. The van der Waals surface area contributed by atoms with Gasteiger partial charge in [0.05, 0.1) is 0 Å². The van der Waals surface area contributed by atoms with Gasteiger partial charge in [0.1, 0.15) is 5.75 Å². The molecule has 1 aromatic carbocycles. The SMILES string of the molecule is CCNC(c1ccccc1OC(F)(F)F)C(C)(C)CC. The van der Waals surface area contributed by atoms with E-state index in [1.54, 1.807) is 18.2 Å². The van der Waals surface area contributed by atoms with E-state index in [9.17, 15) is 13.2 Å².